The van der Waals surface area contributed by atoms with Crippen molar-refractivity contribution in [3.05, 3.63) is 53.5 Å². The number of benzene rings is 1. The van der Waals surface area contributed by atoms with E-state index in [1.54, 1.807) is 19.2 Å². The Morgan fingerprint density at radius 3 is 2.83 bits per heavy atom. The van der Waals surface area contributed by atoms with Gasteiger partial charge in [-0.25, -0.2) is 27.9 Å². The highest BCUT2D eigenvalue weighted by molar-refractivity contribution is 7.89. The number of hydrogen-bond acceptors (Lipinski definition) is 7. The summed E-state index contributed by atoms with van der Waals surface area (Å²) in [5, 5.41) is 9.39. The zero-order valence-electron chi connectivity index (χ0n) is 16.3. The molecule has 0 aliphatic carbocycles. The Morgan fingerprint density at radius 2 is 2.10 bits per heavy atom. The number of rotatable bonds is 4. The van der Waals surface area contributed by atoms with E-state index in [0.717, 1.165) is 0 Å². The van der Waals surface area contributed by atoms with E-state index in [1.165, 1.54) is 33.8 Å². The van der Waals surface area contributed by atoms with Gasteiger partial charge in [0.25, 0.3) is 5.91 Å². The number of fused-ring (bicyclic) bond motifs is 2. The summed E-state index contributed by atoms with van der Waals surface area (Å²) in [6, 6.07) is 5.83. The molecule has 2 N–H and O–H groups in total. The molecule has 0 saturated heterocycles. The molecule has 4 rings (SSSR count). The van der Waals surface area contributed by atoms with Gasteiger partial charge in [0.05, 0.1) is 10.6 Å². The minimum atomic E-state index is -3.83. The standard InChI is InChI=1S/C19H19N5O5S/c1-11-8-13-9-14(30(20,27)28)4-5-15(13)24(11)16(25)10-29-19(26)17-12(2)22-23-7-3-6-21-18(17)23/h3-7,9,11H,8,10H2,1-2H3,(H2,20,27,28). The molecule has 0 bridgehead atoms. The molecule has 1 aromatic carbocycles. The Labute approximate surface area is 172 Å². The van der Waals surface area contributed by atoms with Crippen LogP contribution < -0.4 is 10.0 Å². The first-order valence-electron chi connectivity index (χ1n) is 9.11. The number of anilines is 1. The number of esters is 1. The second-order valence-corrected chi connectivity index (χ2v) is 8.64. The zero-order valence-corrected chi connectivity index (χ0v) is 17.1. The number of hydrogen-bond donors (Lipinski definition) is 1. The Hall–Kier alpha value is -3.31. The van der Waals surface area contributed by atoms with Crippen molar-refractivity contribution >= 4 is 33.2 Å². The summed E-state index contributed by atoms with van der Waals surface area (Å²) in [7, 11) is -3.83. The Kier molecular flexibility index (Phi) is 4.79. The first-order chi connectivity index (χ1) is 14.2. The van der Waals surface area contributed by atoms with Crippen LogP contribution in [0.25, 0.3) is 5.65 Å². The predicted octanol–water partition coefficient (Wildman–Crippen LogP) is 0.820. The number of aryl methyl sites for hydroxylation is 1. The maximum atomic E-state index is 12.8. The van der Waals surface area contributed by atoms with Gasteiger partial charge in [-0.3, -0.25) is 4.79 Å². The number of sulfonamides is 1. The largest absolute Gasteiger partial charge is 0.452 e. The van der Waals surface area contributed by atoms with Gasteiger partial charge in [-0.05, 0) is 50.1 Å². The summed E-state index contributed by atoms with van der Waals surface area (Å²) in [6.07, 6.45) is 3.67. The molecule has 10 nitrogen and oxygen atoms in total. The maximum Gasteiger partial charge on any atom is 0.344 e. The molecule has 0 fully saturated rings. The molecule has 3 aromatic rings. The van der Waals surface area contributed by atoms with Crippen molar-refractivity contribution in [2.45, 2.75) is 31.2 Å². The van der Waals surface area contributed by atoms with Gasteiger partial charge >= 0.3 is 5.97 Å². The van der Waals surface area contributed by atoms with E-state index in [1.807, 2.05) is 6.92 Å². The minimum absolute atomic E-state index is 0.00904. The average molecular weight is 429 g/mol. The zero-order chi connectivity index (χ0) is 21.6. The molecule has 1 amide bonds. The lowest BCUT2D eigenvalue weighted by Crippen LogP contribution is -2.38. The van der Waals surface area contributed by atoms with Gasteiger partial charge in [-0.1, -0.05) is 0 Å². The van der Waals surface area contributed by atoms with Gasteiger partial charge in [-0.15, -0.1) is 0 Å². The summed E-state index contributed by atoms with van der Waals surface area (Å²) >= 11 is 0. The van der Waals surface area contributed by atoms with Crippen molar-refractivity contribution < 1.29 is 22.7 Å². The van der Waals surface area contributed by atoms with Crippen LogP contribution in [-0.4, -0.2) is 47.5 Å². The molecule has 11 heteroatoms. The van der Waals surface area contributed by atoms with Crippen molar-refractivity contribution in [1.82, 2.24) is 14.6 Å². The van der Waals surface area contributed by atoms with Gasteiger partial charge in [0.1, 0.15) is 5.56 Å². The second kappa shape index (κ2) is 7.18. The van der Waals surface area contributed by atoms with E-state index >= 15 is 0 Å². The molecular formula is C19H19N5O5S. The minimum Gasteiger partial charge on any atom is -0.452 e. The molecule has 0 saturated carbocycles. The number of nitrogens with zero attached hydrogens (tertiary/aromatic N) is 4. The second-order valence-electron chi connectivity index (χ2n) is 7.08. The third kappa shape index (κ3) is 3.42. The highest BCUT2D eigenvalue weighted by atomic mass is 32.2. The average Bonchev–Trinajstić information content (AvgIpc) is 3.19. The SMILES string of the molecule is Cc1nn2cccnc2c1C(=O)OCC(=O)N1c2ccc(S(N)(=O)=O)cc2CC1C. The van der Waals surface area contributed by atoms with Crippen LogP contribution in [0.2, 0.25) is 0 Å². The van der Waals surface area contributed by atoms with E-state index in [9.17, 15) is 18.0 Å². The van der Waals surface area contributed by atoms with E-state index in [0.29, 0.717) is 29.0 Å². The first-order valence-corrected chi connectivity index (χ1v) is 10.7. The number of carbonyl (C=O) groups is 2. The number of aromatic nitrogens is 3. The van der Waals surface area contributed by atoms with E-state index in [-0.39, 0.29) is 16.5 Å². The topological polar surface area (TPSA) is 137 Å². The smallest absolute Gasteiger partial charge is 0.344 e. The summed E-state index contributed by atoms with van der Waals surface area (Å²) in [5.74, 6) is -1.11. The Morgan fingerprint density at radius 1 is 1.33 bits per heavy atom. The molecule has 1 aliphatic rings. The van der Waals surface area contributed by atoms with Crippen molar-refractivity contribution in [2.24, 2.45) is 5.14 Å². The molecule has 2 aromatic heterocycles. The van der Waals surface area contributed by atoms with Crippen molar-refractivity contribution in [3.63, 3.8) is 0 Å². The molecule has 1 atom stereocenters. The lowest BCUT2D eigenvalue weighted by Gasteiger charge is -2.22. The van der Waals surface area contributed by atoms with Crippen LogP contribution in [-0.2, 0) is 26.0 Å². The maximum absolute atomic E-state index is 12.8. The van der Waals surface area contributed by atoms with Gasteiger partial charge in [0.15, 0.2) is 12.3 Å². The van der Waals surface area contributed by atoms with Crippen LogP contribution in [0.5, 0.6) is 0 Å². The normalized spacial score (nSPS) is 16.0. The number of primary sulfonamides is 1. The highest BCUT2D eigenvalue weighted by Crippen LogP contribution is 2.33. The summed E-state index contributed by atoms with van der Waals surface area (Å²) in [4.78, 5) is 31.0. The third-order valence-corrected chi connectivity index (χ3v) is 5.88. The Balaban J connectivity index is 1.52. The van der Waals surface area contributed by atoms with Crippen LogP contribution in [0.3, 0.4) is 0 Å². The van der Waals surface area contributed by atoms with Crippen LogP contribution >= 0.6 is 0 Å². The fourth-order valence-corrected chi connectivity index (χ4v) is 4.23. The van der Waals surface area contributed by atoms with E-state index in [4.69, 9.17) is 9.88 Å². The molecule has 3 heterocycles. The molecule has 1 unspecified atom stereocenters. The van der Waals surface area contributed by atoms with Crippen LogP contribution in [0.1, 0.15) is 28.5 Å². The van der Waals surface area contributed by atoms with Crippen molar-refractivity contribution in [2.75, 3.05) is 11.5 Å². The molecule has 1 aliphatic heterocycles. The fraction of sp³-hybridized carbons (Fsp3) is 0.263. The quantitative estimate of drug-likeness (QED) is 0.606. The monoisotopic (exact) mass is 429 g/mol. The number of carbonyl (C=O) groups excluding carboxylic acids is 2. The van der Waals surface area contributed by atoms with E-state index < -0.39 is 28.5 Å². The Bertz CT molecular complexity index is 1280. The number of amides is 1. The molecule has 30 heavy (non-hydrogen) atoms. The molecule has 0 spiro atoms. The lowest BCUT2D eigenvalue weighted by atomic mass is 10.1. The van der Waals surface area contributed by atoms with Crippen LogP contribution in [0.4, 0.5) is 5.69 Å². The van der Waals surface area contributed by atoms with Crippen molar-refractivity contribution in [3.8, 4) is 0 Å². The molecule has 0 radical (unpaired) electrons. The molecular weight excluding hydrogens is 410 g/mol. The fourth-order valence-electron chi connectivity index (χ4n) is 3.67. The molecule has 156 valence electrons. The van der Waals surface area contributed by atoms with Crippen LogP contribution in [0, 0.1) is 6.92 Å². The lowest BCUT2D eigenvalue weighted by molar-refractivity contribution is -0.122. The predicted molar refractivity (Wildman–Crippen MR) is 106 cm³/mol. The summed E-state index contributed by atoms with van der Waals surface area (Å²) in [6.45, 7) is 3.02. The number of ether oxygens (including phenoxy) is 1. The number of nitrogens with two attached hydrogens (primary N) is 1. The third-order valence-electron chi connectivity index (χ3n) is 4.96. The van der Waals surface area contributed by atoms with Gasteiger partial charge in [0, 0.05) is 24.1 Å². The highest BCUT2D eigenvalue weighted by Gasteiger charge is 2.32. The van der Waals surface area contributed by atoms with Crippen molar-refractivity contribution in [1.29, 1.82) is 0 Å². The van der Waals surface area contributed by atoms with Gasteiger partial charge in [0.2, 0.25) is 10.0 Å². The summed E-state index contributed by atoms with van der Waals surface area (Å²) in [5.41, 5.74) is 2.27. The van der Waals surface area contributed by atoms with Gasteiger partial charge in [-0.2, -0.15) is 5.10 Å². The van der Waals surface area contributed by atoms with E-state index in [2.05, 4.69) is 10.1 Å². The first kappa shape index (κ1) is 20.0. The van der Waals surface area contributed by atoms with Gasteiger partial charge < -0.3 is 9.64 Å². The summed E-state index contributed by atoms with van der Waals surface area (Å²) < 4.78 is 29.9. The van der Waals surface area contributed by atoms with Crippen LogP contribution in [0.15, 0.2) is 41.6 Å².